The molecule has 0 spiro atoms. The van der Waals surface area contributed by atoms with Gasteiger partial charge in [-0.15, -0.1) is 0 Å². The first-order valence-electron chi connectivity index (χ1n) is 9.68. The Balaban J connectivity index is 0.00000625. The molecule has 3 unspecified atom stereocenters. The molecule has 1 aromatic carbocycles. The average Bonchev–Trinajstić information content (AvgIpc) is 2.53. The molecule has 0 amide bonds. The Hall–Kier alpha value is -1.00. The van der Waals surface area contributed by atoms with Gasteiger partial charge in [-0.3, -0.25) is 4.55 Å². The summed E-state index contributed by atoms with van der Waals surface area (Å²) in [5, 5.41) is 0. The second-order valence-corrected chi connectivity index (χ2v) is 9.59. The second-order valence-electron chi connectivity index (χ2n) is 8.17. The molecule has 0 aliphatic carbocycles. The summed E-state index contributed by atoms with van der Waals surface area (Å²) in [6, 6.07) is 6.62. The number of hydrogen-bond donors (Lipinski definition) is 1. The Morgan fingerprint density at radius 1 is 0.846 bits per heavy atom. The van der Waals surface area contributed by atoms with Crippen molar-refractivity contribution in [2.24, 2.45) is 17.8 Å². The summed E-state index contributed by atoms with van der Waals surface area (Å²) in [6.07, 6.45) is 7.73. The molecule has 4 heteroatoms. The van der Waals surface area contributed by atoms with E-state index in [4.69, 9.17) is 4.55 Å². The van der Waals surface area contributed by atoms with Gasteiger partial charge >= 0.3 is 0 Å². The van der Waals surface area contributed by atoms with Crippen LogP contribution >= 0.6 is 0 Å². The van der Waals surface area contributed by atoms with Crippen LogP contribution in [0.5, 0.6) is 0 Å². The minimum atomic E-state index is -4.10. The Labute approximate surface area is 162 Å². The minimum Gasteiger partial charge on any atom is -0.282 e. The molecule has 1 rings (SSSR count). The summed E-state index contributed by atoms with van der Waals surface area (Å²) < 4.78 is 31.3. The van der Waals surface area contributed by atoms with Gasteiger partial charge in [0.05, 0.1) is 4.90 Å². The third-order valence-electron chi connectivity index (χ3n) is 5.39. The summed E-state index contributed by atoms with van der Waals surface area (Å²) >= 11 is 0. The molecule has 0 radical (unpaired) electrons. The predicted octanol–water partition coefficient (Wildman–Crippen LogP) is 6.76. The van der Waals surface area contributed by atoms with E-state index in [1.807, 2.05) is 12.1 Å². The highest BCUT2D eigenvalue weighted by Gasteiger charge is 2.16. The molecule has 0 fully saturated rings. The van der Waals surface area contributed by atoms with Gasteiger partial charge in [0.2, 0.25) is 0 Å². The van der Waals surface area contributed by atoms with Crippen LogP contribution in [0.1, 0.15) is 84.6 Å². The fourth-order valence-electron chi connectivity index (χ4n) is 3.33. The molecule has 0 bridgehead atoms. The van der Waals surface area contributed by atoms with Crippen molar-refractivity contribution >= 4 is 10.1 Å². The molecule has 3 atom stereocenters. The van der Waals surface area contributed by atoms with Gasteiger partial charge in [-0.05, 0) is 41.4 Å². The number of hydrogen-bond acceptors (Lipinski definition) is 2. The topological polar surface area (TPSA) is 54.4 Å². The van der Waals surface area contributed by atoms with Crippen molar-refractivity contribution in [1.29, 1.82) is 0 Å². The van der Waals surface area contributed by atoms with Crippen molar-refractivity contribution in [2.75, 3.05) is 0 Å². The van der Waals surface area contributed by atoms with Gasteiger partial charge in [0.25, 0.3) is 10.1 Å². The standard InChI is InChI=1S/C21H36O3S.CH3/c1-16(2)8-6-9-17(3)10-7-11-18(4)19(5)20-12-14-21(15-13-20)25(22,23)24;/h12-19H,6-11H2,1-5H3,(H,22,23,24);1H3/q;+1. The van der Waals surface area contributed by atoms with E-state index < -0.39 is 10.1 Å². The summed E-state index contributed by atoms with van der Waals surface area (Å²) in [7, 11) is -4.10. The lowest BCUT2D eigenvalue weighted by atomic mass is 9.84. The Bertz CT molecular complexity index is 590. The van der Waals surface area contributed by atoms with Crippen LogP contribution in [-0.4, -0.2) is 13.0 Å². The van der Waals surface area contributed by atoms with E-state index in [0.717, 1.165) is 17.4 Å². The van der Waals surface area contributed by atoms with Gasteiger partial charge in [0.15, 0.2) is 0 Å². The van der Waals surface area contributed by atoms with Gasteiger partial charge in [-0.25, -0.2) is 0 Å². The number of benzene rings is 1. The normalized spacial score (nSPS) is 15.3. The molecular formula is C22H39O3S+. The smallest absolute Gasteiger partial charge is 0.282 e. The van der Waals surface area contributed by atoms with E-state index in [9.17, 15) is 8.42 Å². The van der Waals surface area contributed by atoms with Crippen LogP contribution in [0.25, 0.3) is 0 Å². The van der Waals surface area contributed by atoms with Crippen molar-refractivity contribution in [3.63, 3.8) is 0 Å². The van der Waals surface area contributed by atoms with E-state index >= 15 is 0 Å². The Morgan fingerprint density at radius 2 is 1.35 bits per heavy atom. The lowest BCUT2D eigenvalue weighted by Gasteiger charge is -2.21. The highest BCUT2D eigenvalue weighted by molar-refractivity contribution is 7.85. The van der Waals surface area contributed by atoms with Crippen LogP contribution in [0.3, 0.4) is 0 Å². The summed E-state index contributed by atoms with van der Waals surface area (Å²) in [5.74, 6) is 2.54. The highest BCUT2D eigenvalue weighted by Crippen LogP contribution is 2.29. The molecule has 0 saturated carbocycles. The molecule has 1 aromatic rings. The fourth-order valence-corrected chi connectivity index (χ4v) is 3.81. The van der Waals surface area contributed by atoms with E-state index in [1.54, 1.807) is 0 Å². The van der Waals surface area contributed by atoms with E-state index in [0.29, 0.717) is 11.8 Å². The second kappa shape index (κ2) is 11.7. The molecule has 0 aromatic heterocycles. The Kier molecular flexibility index (Phi) is 11.2. The number of rotatable bonds is 11. The van der Waals surface area contributed by atoms with Crippen molar-refractivity contribution in [1.82, 2.24) is 0 Å². The van der Waals surface area contributed by atoms with Crippen molar-refractivity contribution < 1.29 is 13.0 Å². The molecule has 1 N–H and O–H groups in total. The maximum Gasteiger partial charge on any atom is 0.294 e. The van der Waals surface area contributed by atoms with E-state index in [-0.39, 0.29) is 12.3 Å². The van der Waals surface area contributed by atoms with Crippen LogP contribution in [0.2, 0.25) is 0 Å². The zero-order valence-corrected chi connectivity index (χ0v) is 18.3. The lowest BCUT2D eigenvalue weighted by Crippen LogP contribution is -2.08. The summed E-state index contributed by atoms with van der Waals surface area (Å²) in [6.45, 7) is 11.4. The first-order chi connectivity index (χ1) is 11.6. The zero-order chi connectivity index (χ0) is 19.0. The van der Waals surface area contributed by atoms with Gasteiger partial charge in [0, 0.05) is 7.43 Å². The molecule has 150 valence electrons. The molecule has 0 aliphatic rings. The van der Waals surface area contributed by atoms with Crippen LogP contribution in [0.15, 0.2) is 29.2 Å². The molecule has 0 heterocycles. The van der Waals surface area contributed by atoms with Crippen molar-refractivity contribution in [2.45, 2.75) is 84.0 Å². The van der Waals surface area contributed by atoms with Gasteiger partial charge < -0.3 is 0 Å². The first kappa shape index (κ1) is 25.0. The minimum absolute atomic E-state index is 0. The van der Waals surface area contributed by atoms with Gasteiger partial charge in [-0.2, -0.15) is 8.42 Å². The third-order valence-corrected chi connectivity index (χ3v) is 6.26. The summed E-state index contributed by atoms with van der Waals surface area (Å²) in [4.78, 5) is -0.0358. The zero-order valence-electron chi connectivity index (χ0n) is 17.5. The first-order valence-corrected chi connectivity index (χ1v) is 11.1. The largest absolute Gasteiger partial charge is 0.294 e. The SMILES string of the molecule is CC(C)CCCC(C)CCCC(C)C(C)c1ccc(S(=O)(=O)O)cc1.[CH3+]. The van der Waals surface area contributed by atoms with Crippen LogP contribution in [0, 0.1) is 25.2 Å². The summed E-state index contributed by atoms with van der Waals surface area (Å²) in [5.41, 5.74) is 1.13. The third kappa shape index (κ3) is 9.09. The van der Waals surface area contributed by atoms with E-state index in [2.05, 4.69) is 34.6 Å². The molecule has 0 aliphatic heterocycles. The van der Waals surface area contributed by atoms with E-state index in [1.165, 1.54) is 50.7 Å². The van der Waals surface area contributed by atoms with Crippen molar-refractivity contribution in [3.05, 3.63) is 37.3 Å². The monoisotopic (exact) mass is 383 g/mol. The van der Waals surface area contributed by atoms with Crippen LogP contribution in [0.4, 0.5) is 0 Å². The van der Waals surface area contributed by atoms with Crippen LogP contribution in [-0.2, 0) is 10.1 Å². The predicted molar refractivity (Wildman–Crippen MR) is 112 cm³/mol. The maximum absolute atomic E-state index is 11.1. The maximum atomic E-state index is 11.1. The van der Waals surface area contributed by atoms with Gasteiger partial charge in [-0.1, -0.05) is 85.3 Å². The fraction of sp³-hybridized carbons (Fsp3) is 0.682. The molecular weight excluding hydrogens is 344 g/mol. The highest BCUT2D eigenvalue weighted by atomic mass is 32.2. The van der Waals surface area contributed by atoms with Crippen LogP contribution < -0.4 is 0 Å². The quantitative estimate of drug-likeness (QED) is 0.339. The Morgan fingerprint density at radius 3 is 1.81 bits per heavy atom. The average molecular weight is 384 g/mol. The molecule has 3 nitrogen and oxygen atoms in total. The molecule has 0 saturated heterocycles. The van der Waals surface area contributed by atoms with Gasteiger partial charge in [0.1, 0.15) is 0 Å². The van der Waals surface area contributed by atoms with Crippen molar-refractivity contribution in [3.8, 4) is 0 Å². The lowest BCUT2D eigenvalue weighted by molar-refractivity contribution is 0.380. The molecule has 26 heavy (non-hydrogen) atoms.